The topological polar surface area (TPSA) is 45.0 Å². The lowest BCUT2D eigenvalue weighted by atomic mass is 9.79. The van der Waals surface area contributed by atoms with E-state index in [-0.39, 0.29) is 23.0 Å². The summed E-state index contributed by atoms with van der Waals surface area (Å²) in [4.78, 5) is 12.2. The highest BCUT2D eigenvalue weighted by molar-refractivity contribution is 5.76. The Hall–Kier alpha value is -1.42. The molecule has 1 aliphatic rings. The van der Waals surface area contributed by atoms with Crippen LogP contribution in [-0.2, 0) is 11.3 Å². The monoisotopic (exact) mass is 304 g/mol. The molecular weight excluding hydrogens is 274 g/mol. The third-order valence-electron chi connectivity index (χ3n) is 4.21. The van der Waals surface area contributed by atoms with E-state index < -0.39 is 0 Å². The van der Waals surface area contributed by atoms with Gasteiger partial charge >= 0.3 is 0 Å². The van der Waals surface area contributed by atoms with Crippen molar-refractivity contribution in [2.24, 2.45) is 0 Å². The molecule has 0 atom stereocenters. The molecule has 1 saturated heterocycles. The first-order chi connectivity index (χ1) is 10.2. The Morgan fingerprint density at radius 2 is 1.77 bits per heavy atom. The van der Waals surface area contributed by atoms with Gasteiger partial charge in [-0.2, -0.15) is 0 Å². The van der Waals surface area contributed by atoms with Gasteiger partial charge < -0.3 is 10.6 Å². The van der Waals surface area contributed by atoms with Gasteiger partial charge in [0.15, 0.2) is 18.9 Å². The van der Waals surface area contributed by atoms with Crippen LogP contribution >= 0.6 is 0 Å². The van der Waals surface area contributed by atoms with E-state index in [0.717, 1.165) is 19.4 Å². The number of hydrogen-bond acceptors (Lipinski definition) is 2. The number of aromatic nitrogens is 1. The molecule has 4 nitrogen and oxygen atoms in total. The molecule has 22 heavy (non-hydrogen) atoms. The lowest BCUT2D eigenvalue weighted by molar-refractivity contribution is -0.695. The fraction of sp³-hybridized carbons (Fsp3) is 0.667. The van der Waals surface area contributed by atoms with Crippen LogP contribution in [-0.4, -0.2) is 23.0 Å². The van der Waals surface area contributed by atoms with Crippen LogP contribution in [0.2, 0.25) is 0 Å². The minimum Gasteiger partial charge on any atom is -0.353 e. The molecule has 4 heteroatoms. The van der Waals surface area contributed by atoms with Crippen LogP contribution < -0.4 is 15.2 Å². The molecule has 122 valence electrons. The Kier molecular flexibility index (Phi) is 4.90. The Morgan fingerprint density at radius 3 is 2.32 bits per heavy atom. The Balaban J connectivity index is 1.85. The molecule has 0 spiro atoms. The molecule has 2 heterocycles. The van der Waals surface area contributed by atoms with Crippen molar-refractivity contribution >= 4 is 5.91 Å². The summed E-state index contributed by atoms with van der Waals surface area (Å²) in [6.07, 6.45) is 6.52. The van der Waals surface area contributed by atoms with Crippen LogP contribution in [0.25, 0.3) is 0 Å². The van der Waals surface area contributed by atoms with Crippen molar-refractivity contribution in [2.45, 2.75) is 77.5 Å². The number of carbonyl (C=O) groups excluding carboxylic acids is 1. The number of carbonyl (C=O) groups is 1. The van der Waals surface area contributed by atoms with Crippen molar-refractivity contribution < 1.29 is 9.36 Å². The van der Waals surface area contributed by atoms with Crippen LogP contribution in [0.1, 0.15) is 52.5 Å². The second kappa shape index (κ2) is 6.37. The first-order valence-electron chi connectivity index (χ1n) is 8.20. The lowest BCUT2D eigenvalue weighted by Crippen LogP contribution is -2.62. The molecule has 1 fully saturated rings. The summed E-state index contributed by atoms with van der Waals surface area (Å²) in [5.41, 5.74) is 1.36. The summed E-state index contributed by atoms with van der Waals surface area (Å²) in [5.74, 6) is 0.145. The number of nitrogens with one attached hydrogen (secondary N) is 2. The number of pyridine rings is 1. The fourth-order valence-electron chi connectivity index (χ4n) is 3.64. The van der Waals surface area contributed by atoms with Gasteiger partial charge in [0, 0.05) is 29.3 Å². The number of amides is 1. The Bertz CT molecular complexity index is 504. The largest absolute Gasteiger partial charge is 0.353 e. The molecule has 2 N–H and O–H groups in total. The molecule has 1 aromatic rings. The fourth-order valence-corrected chi connectivity index (χ4v) is 3.64. The highest BCUT2D eigenvalue weighted by Gasteiger charge is 2.38. The smallest absolute Gasteiger partial charge is 0.226 e. The first-order valence-corrected chi connectivity index (χ1v) is 8.20. The van der Waals surface area contributed by atoms with Crippen molar-refractivity contribution in [2.75, 3.05) is 0 Å². The summed E-state index contributed by atoms with van der Waals surface area (Å²) >= 11 is 0. The molecule has 0 aromatic carbocycles. The van der Waals surface area contributed by atoms with Gasteiger partial charge in [-0.05, 0) is 53.0 Å². The van der Waals surface area contributed by atoms with Crippen LogP contribution in [0.5, 0.6) is 0 Å². The van der Waals surface area contributed by atoms with Gasteiger partial charge in [-0.1, -0.05) is 0 Å². The maximum absolute atomic E-state index is 12.2. The van der Waals surface area contributed by atoms with Crippen LogP contribution in [0.3, 0.4) is 0 Å². The predicted octanol–water partition coefficient (Wildman–Crippen LogP) is 2.10. The molecular formula is C18H30N3O+. The second-order valence-corrected chi connectivity index (χ2v) is 7.93. The van der Waals surface area contributed by atoms with Crippen molar-refractivity contribution in [1.29, 1.82) is 0 Å². The van der Waals surface area contributed by atoms with E-state index in [4.69, 9.17) is 0 Å². The number of piperidine rings is 1. The third-order valence-corrected chi connectivity index (χ3v) is 4.21. The van der Waals surface area contributed by atoms with Gasteiger partial charge in [0.25, 0.3) is 0 Å². The van der Waals surface area contributed by atoms with Gasteiger partial charge in [0.05, 0.1) is 6.42 Å². The van der Waals surface area contributed by atoms with E-state index >= 15 is 0 Å². The number of hydrogen-bond donors (Lipinski definition) is 2. The van der Waals surface area contributed by atoms with Gasteiger partial charge in [-0.15, -0.1) is 0 Å². The normalized spacial score (nSPS) is 20.6. The van der Waals surface area contributed by atoms with Gasteiger partial charge in [0.1, 0.15) is 0 Å². The number of aryl methyl sites for hydroxylation is 2. The van der Waals surface area contributed by atoms with Crippen LogP contribution in [0, 0.1) is 6.92 Å². The van der Waals surface area contributed by atoms with E-state index in [9.17, 15) is 4.79 Å². The van der Waals surface area contributed by atoms with E-state index in [1.54, 1.807) is 0 Å². The third kappa shape index (κ3) is 5.09. The number of rotatable bonds is 4. The average Bonchev–Trinajstić information content (AvgIpc) is 2.34. The molecule has 0 bridgehead atoms. The molecule has 0 unspecified atom stereocenters. The SMILES string of the molecule is Cc1cc[n+](CCC(=O)NC2CC(C)(C)NC(C)(C)C2)cc1. The predicted molar refractivity (Wildman–Crippen MR) is 88.4 cm³/mol. The van der Waals surface area contributed by atoms with Gasteiger partial charge in [0.2, 0.25) is 5.91 Å². The van der Waals surface area contributed by atoms with Crippen molar-refractivity contribution in [3.8, 4) is 0 Å². The zero-order valence-electron chi connectivity index (χ0n) is 14.6. The highest BCUT2D eigenvalue weighted by atomic mass is 16.1. The molecule has 0 saturated carbocycles. The first kappa shape index (κ1) is 16.9. The Labute approximate surface area is 134 Å². The van der Waals surface area contributed by atoms with Crippen molar-refractivity contribution in [3.63, 3.8) is 0 Å². The molecule has 2 rings (SSSR count). The number of nitrogens with zero attached hydrogens (tertiary/aromatic N) is 1. The minimum atomic E-state index is 0.0609. The Morgan fingerprint density at radius 1 is 1.23 bits per heavy atom. The zero-order valence-corrected chi connectivity index (χ0v) is 14.6. The summed E-state index contributed by atoms with van der Waals surface area (Å²) in [5, 5.41) is 6.86. The molecule has 0 aliphatic carbocycles. The quantitative estimate of drug-likeness (QED) is 0.837. The van der Waals surface area contributed by atoms with Gasteiger partial charge in [-0.25, -0.2) is 4.57 Å². The maximum atomic E-state index is 12.2. The maximum Gasteiger partial charge on any atom is 0.226 e. The molecule has 1 aliphatic heterocycles. The second-order valence-electron chi connectivity index (χ2n) is 7.93. The lowest BCUT2D eigenvalue weighted by Gasteiger charge is -2.46. The van der Waals surface area contributed by atoms with Gasteiger partial charge in [-0.3, -0.25) is 4.79 Å². The summed E-state index contributed by atoms with van der Waals surface area (Å²) in [6, 6.07) is 4.38. The van der Waals surface area contributed by atoms with E-state index in [2.05, 4.69) is 62.0 Å². The van der Waals surface area contributed by atoms with E-state index in [1.165, 1.54) is 5.56 Å². The molecule has 0 radical (unpaired) electrons. The summed E-state index contributed by atoms with van der Waals surface area (Å²) in [7, 11) is 0. The highest BCUT2D eigenvalue weighted by Crippen LogP contribution is 2.28. The van der Waals surface area contributed by atoms with E-state index in [0.29, 0.717) is 6.42 Å². The molecule has 1 aromatic heterocycles. The zero-order chi connectivity index (χ0) is 16.4. The van der Waals surface area contributed by atoms with Crippen molar-refractivity contribution in [1.82, 2.24) is 10.6 Å². The van der Waals surface area contributed by atoms with Crippen molar-refractivity contribution in [3.05, 3.63) is 30.1 Å². The van der Waals surface area contributed by atoms with Crippen LogP contribution in [0.4, 0.5) is 0 Å². The minimum absolute atomic E-state index is 0.0609. The van der Waals surface area contributed by atoms with Crippen LogP contribution in [0.15, 0.2) is 24.5 Å². The summed E-state index contributed by atoms with van der Waals surface area (Å²) in [6.45, 7) is 11.6. The summed E-state index contributed by atoms with van der Waals surface area (Å²) < 4.78 is 2.06. The molecule has 1 amide bonds. The average molecular weight is 304 g/mol. The van der Waals surface area contributed by atoms with E-state index in [1.807, 2.05) is 12.4 Å². The standard InChI is InChI=1S/C18H29N3O/c1-14-6-9-21(10-7-14)11-8-16(22)19-15-12-17(2,3)20-18(4,5)13-15/h6-7,9-10,15,20H,8,11-13H2,1-5H3/p+1.